The standard InChI is InChI=1S/C19H27N3O2/c1-4-5-6-7-11-14-18(23)21(3)24-19-15-16(2)20-22(19)17-12-9-8-10-13-17/h8-10,12-13,15H,4-7,11,14H2,1-3H3. The minimum Gasteiger partial charge on any atom is -0.357 e. The Bertz CT molecular complexity index is 637. The molecule has 0 saturated heterocycles. The van der Waals surface area contributed by atoms with E-state index in [9.17, 15) is 4.79 Å². The fourth-order valence-electron chi connectivity index (χ4n) is 2.52. The van der Waals surface area contributed by atoms with Crippen molar-refractivity contribution in [2.45, 2.75) is 52.4 Å². The molecule has 0 atom stereocenters. The lowest BCUT2D eigenvalue weighted by Gasteiger charge is -2.18. The van der Waals surface area contributed by atoms with Crippen molar-refractivity contribution in [2.75, 3.05) is 7.05 Å². The molecule has 5 nitrogen and oxygen atoms in total. The monoisotopic (exact) mass is 329 g/mol. The highest BCUT2D eigenvalue weighted by Gasteiger charge is 2.15. The third-order valence-corrected chi connectivity index (χ3v) is 3.88. The number of hydrogen-bond acceptors (Lipinski definition) is 3. The Morgan fingerprint density at radius 3 is 2.58 bits per heavy atom. The van der Waals surface area contributed by atoms with Gasteiger partial charge in [-0.15, -0.1) is 0 Å². The number of rotatable bonds is 9. The summed E-state index contributed by atoms with van der Waals surface area (Å²) in [5.41, 5.74) is 1.75. The predicted molar refractivity (Wildman–Crippen MR) is 95.1 cm³/mol. The highest BCUT2D eigenvalue weighted by molar-refractivity contribution is 5.74. The van der Waals surface area contributed by atoms with Crippen LogP contribution in [0.5, 0.6) is 5.88 Å². The van der Waals surface area contributed by atoms with Crippen LogP contribution in [0.15, 0.2) is 36.4 Å². The maximum absolute atomic E-state index is 12.2. The number of aryl methyl sites for hydroxylation is 1. The number of nitrogens with zero attached hydrogens (tertiary/aromatic N) is 3. The number of benzene rings is 1. The lowest BCUT2D eigenvalue weighted by atomic mass is 10.1. The molecule has 2 rings (SSSR count). The molecule has 0 saturated carbocycles. The molecule has 0 aliphatic carbocycles. The second-order valence-electron chi connectivity index (χ2n) is 6.02. The lowest BCUT2D eigenvalue weighted by Crippen LogP contribution is -2.30. The van der Waals surface area contributed by atoms with Gasteiger partial charge in [-0.2, -0.15) is 14.8 Å². The van der Waals surface area contributed by atoms with Crippen LogP contribution in [0.4, 0.5) is 0 Å². The van der Waals surface area contributed by atoms with Gasteiger partial charge < -0.3 is 4.84 Å². The first-order valence-electron chi connectivity index (χ1n) is 8.68. The normalized spacial score (nSPS) is 10.6. The molecular formula is C19H27N3O2. The van der Waals surface area contributed by atoms with Crippen LogP contribution in [0, 0.1) is 6.92 Å². The van der Waals surface area contributed by atoms with Gasteiger partial charge in [0.25, 0.3) is 5.91 Å². The van der Waals surface area contributed by atoms with Crippen LogP contribution in [0.3, 0.4) is 0 Å². The van der Waals surface area contributed by atoms with Crippen LogP contribution in [0.2, 0.25) is 0 Å². The topological polar surface area (TPSA) is 47.4 Å². The third-order valence-electron chi connectivity index (χ3n) is 3.88. The average molecular weight is 329 g/mol. The van der Waals surface area contributed by atoms with Crippen LogP contribution >= 0.6 is 0 Å². The Balaban J connectivity index is 1.94. The highest BCUT2D eigenvalue weighted by Crippen LogP contribution is 2.20. The zero-order valence-electron chi connectivity index (χ0n) is 14.9. The molecular weight excluding hydrogens is 302 g/mol. The molecule has 24 heavy (non-hydrogen) atoms. The van der Waals surface area contributed by atoms with Gasteiger partial charge in [-0.25, -0.2) is 0 Å². The van der Waals surface area contributed by atoms with Gasteiger partial charge >= 0.3 is 0 Å². The summed E-state index contributed by atoms with van der Waals surface area (Å²) in [6.45, 7) is 4.09. The van der Waals surface area contributed by atoms with Crippen molar-refractivity contribution >= 4 is 5.91 Å². The van der Waals surface area contributed by atoms with Crippen LogP contribution in [0.25, 0.3) is 5.69 Å². The van der Waals surface area contributed by atoms with E-state index in [-0.39, 0.29) is 5.91 Å². The molecule has 1 amide bonds. The molecule has 0 unspecified atom stereocenters. The minimum absolute atomic E-state index is 0.00929. The van der Waals surface area contributed by atoms with Gasteiger partial charge in [-0.1, -0.05) is 50.8 Å². The SMILES string of the molecule is CCCCCCCC(=O)N(C)Oc1cc(C)nn1-c1ccccc1. The summed E-state index contributed by atoms with van der Waals surface area (Å²) in [6, 6.07) is 11.6. The number of carbonyl (C=O) groups excluding carboxylic acids is 1. The first-order valence-corrected chi connectivity index (χ1v) is 8.68. The van der Waals surface area contributed by atoms with E-state index in [0.717, 1.165) is 24.2 Å². The molecule has 0 spiro atoms. The maximum Gasteiger partial charge on any atom is 0.254 e. The highest BCUT2D eigenvalue weighted by atomic mass is 16.7. The Labute approximate surface area is 144 Å². The summed E-state index contributed by atoms with van der Waals surface area (Å²) >= 11 is 0. The number of hydrogen-bond donors (Lipinski definition) is 0. The van der Waals surface area contributed by atoms with E-state index in [2.05, 4.69) is 12.0 Å². The molecule has 0 aliphatic rings. The van der Waals surface area contributed by atoms with Crippen molar-refractivity contribution in [1.29, 1.82) is 0 Å². The largest absolute Gasteiger partial charge is 0.357 e. The lowest BCUT2D eigenvalue weighted by molar-refractivity contribution is -0.153. The Kier molecular flexibility index (Phi) is 6.85. The van der Waals surface area contributed by atoms with Gasteiger partial charge in [0.05, 0.1) is 11.4 Å². The summed E-state index contributed by atoms with van der Waals surface area (Å²) in [7, 11) is 1.66. The molecule has 1 aromatic heterocycles. The summed E-state index contributed by atoms with van der Waals surface area (Å²) in [6.07, 6.45) is 6.14. The van der Waals surface area contributed by atoms with Crippen LogP contribution in [-0.2, 0) is 4.79 Å². The van der Waals surface area contributed by atoms with Gasteiger partial charge in [0.2, 0.25) is 5.88 Å². The minimum atomic E-state index is -0.00929. The molecule has 0 fully saturated rings. The predicted octanol–water partition coefficient (Wildman–Crippen LogP) is 4.29. The van der Waals surface area contributed by atoms with Crippen molar-refractivity contribution in [1.82, 2.24) is 14.8 Å². The number of hydroxylamine groups is 2. The van der Waals surface area contributed by atoms with E-state index in [0.29, 0.717) is 12.3 Å². The average Bonchev–Trinajstić information content (AvgIpc) is 2.95. The molecule has 1 heterocycles. The Hall–Kier alpha value is -2.30. The number of unbranched alkanes of at least 4 members (excludes halogenated alkanes) is 4. The number of carbonyl (C=O) groups is 1. The zero-order valence-corrected chi connectivity index (χ0v) is 14.9. The molecule has 2 aromatic rings. The van der Waals surface area contributed by atoms with Gasteiger partial charge in [0, 0.05) is 19.5 Å². The van der Waals surface area contributed by atoms with Gasteiger partial charge in [-0.05, 0) is 25.5 Å². The fraction of sp³-hybridized carbons (Fsp3) is 0.474. The van der Waals surface area contributed by atoms with Gasteiger partial charge in [-0.3, -0.25) is 4.79 Å². The molecule has 0 aliphatic heterocycles. The third kappa shape index (κ3) is 5.11. The summed E-state index contributed by atoms with van der Waals surface area (Å²) in [5.74, 6) is 0.533. The van der Waals surface area contributed by atoms with Crippen molar-refractivity contribution in [3.05, 3.63) is 42.1 Å². The number of aromatic nitrogens is 2. The zero-order chi connectivity index (χ0) is 17.4. The number of amides is 1. The van der Waals surface area contributed by atoms with E-state index in [1.54, 1.807) is 11.7 Å². The van der Waals surface area contributed by atoms with E-state index in [1.807, 2.05) is 43.3 Å². The molecule has 5 heteroatoms. The first-order chi connectivity index (χ1) is 11.6. The van der Waals surface area contributed by atoms with Crippen molar-refractivity contribution in [3.63, 3.8) is 0 Å². The van der Waals surface area contributed by atoms with Crippen LogP contribution < -0.4 is 4.84 Å². The number of para-hydroxylation sites is 1. The molecule has 0 radical (unpaired) electrons. The van der Waals surface area contributed by atoms with Crippen molar-refractivity contribution < 1.29 is 9.63 Å². The first kappa shape index (κ1) is 18.0. The fourth-order valence-corrected chi connectivity index (χ4v) is 2.52. The molecule has 130 valence electrons. The second-order valence-corrected chi connectivity index (χ2v) is 6.02. The summed E-state index contributed by atoms with van der Waals surface area (Å²) in [4.78, 5) is 18.0. The second kappa shape index (κ2) is 9.11. The molecule has 0 bridgehead atoms. The molecule has 1 aromatic carbocycles. The van der Waals surface area contributed by atoms with Crippen molar-refractivity contribution in [2.24, 2.45) is 0 Å². The van der Waals surface area contributed by atoms with E-state index in [1.165, 1.54) is 24.3 Å². The van der Waals surface area contributed by atoms with Crippen LogP contribution in [-0.4, -0.2) is 27.8 Å². The van der Waals surface area contributed by atoms with Crippen molar-refractivity contribution in [3.8, 4) is 11.6 Å². The van der Waals surface area contributed by atoms with Gasteiger partial charge in [0.15, 0.2) is 0 Å². The van der Waals surface area contributed by atoms with Crippen LogP contribution in [0.1, 0.15) is 51.1 Å². The smallest absolute Gasteiger partial charge is 0.254 e. The summed E-state index contributed by atoms with van der Waals surface area (Å²) < 4.78 is 1.71. The quantitative estimate of drug-likeness (QED) is 0.509. The van der Waals surface area contributed by atoms with Gasteiger partial charge in [0.1, 0.15) is 0 Å². The molecule has 0 N–H and O–H groups in total. The van der Waals surface area contributed by atoms with E-state index >= 15 is 0 Å². The maximum atomic E-state index is 12.2. The Morgan fingerprint density at radius 1 is 1.17 bits per heavy atom. The Morgan fingerprint density at radius 2 is 1.88 bits per heavy atom. The summed E-state index contributed by atoms with van der Waals surface area (Å²) in [5, 5.41) is 5.76. The van der Waals surface area contributed by atoms with E-state index in [4.69, 9.17) is 4.84 Å². The van der Waals surface area contributed by atoms with E-state index < -0.39 is 0 Å².